The van der Waals surface area contributed by atoms with E-state index in [4.69, 9.17) is 10.2 Å². The van der Waals surface area contributed by atoms with Crippen LogP contribution in [0.5, 0.6) is 0 Å². The van der Waals surface area contributed by atoms with Crippen molar-refractivity contribution in [3.8, 4) is 0 Å². The van der Waals surface area contributed by atoms with E-state index in [0.717, 1.165) is 46.9 Å². The lowest BCUT2D eigenvalue weighted by molar-refractivity contribution is 0.282. The summed E-state index contributed by atoms with van der Waals surface area (Å²) < 4.78 is 5.60. The molecule has 0 aliphatic heterocycles. The Morgan fingerprint density at radius 1 is 1.14 bits per heavy atom. The van der Waals surface area contributed by atoms with Crippen molar-refractivity contribution in [1.82, 2.24) is 9.88 Å². The number of hydrogen-bond acceptors (Lipinski definition) is 4. The Balaban J connectivity index is 1.78. The lowest BCUT2D eigenvalue weighted by Crippen LogP contribution is -2.17. The molecule has 0 spiro atoms. The third-order valence-electron chi connectivity index (χ3n) is 3.45. The van der Waals surface area contributed by atoms with Crippen molar-refractivity contribution in [2.75, 3.05) is 12.8 Å². The highest BCUT2D eigenvalue weighted by atomic mass is 16.3. The topological polar surface area (TPSA) is 55.3 Å². The molecular formula is C17H19N3O. The van der Waals surface area contributed by atoms with Crippen molar-refractivity contribution in [2.24, 2.45) is 0 Å². The van der Waals surface area contributed by atoms with Crippen molar-refractivity contribution >= 4 is 16.6 Å². The van der Waals surface area contributed by atoms with Crippen LogP contribution in [0.2, 0.25) is 0 Å². The second kappa shape index (κ2) is 5.58. The molecule has 0 fully saturated rings. The van der Waals surface area contributed by atoms with Crippen LogP contribution in [-0.2, 0) is 13.1 Å². The number of nitrogens with two attached hydrogens (primary N) is 1. The van der Waals surface area contributed by atoms with E-state index in [9.17, 15) is 0 Å². The van der Waals surface area contributed by atoms with E-state index in [1.165, 1.54) is 0 Å². The van der Waals surface area contributed by atoms with Crippen molar-refractivity contribution in [2.45, 2.75) is 20.0 Å². The summed E-state index contributed by atoms with van der Waals surface area (Å²) in [5.41, 5.74) is 8.80. The Hall–Kier alpha value is -2.33. The van der Waals surface area contributed by atoms with Crippen LogP contribution < -0.4 is 5.73 Å². The van der Waals surface area contributed by atoms with Crippen LogP contribution in [0.4, 0.5) is 5.69 Å². The molecule has 0 aliphatic rings. The first-order chi connectivity index (χ1) is 10.1. The molecule has 0 saturated heterocycles. The molecule has 0 unspecified atom stereocenters. The number of benzene rings is 1. The van der Waals surface area contributed by atoms with Gasteiger partial charge in [0.05, 0.1) is 17.8 Å². The van der Waals surface area contributed by atoms with E-state index in [0.29, 0.717) is 0 Å². The van der Waals surface area contributed by atoms with Crippen molar-refractivity contribution in [3.63, 3.8) is 0 Å². The first-order valence-electron chi connectivity index (χ1n) is 7.00. The maximum absolute atomic E-state index is 6.11. The molecule has 1 aromatic carbocycles. The number of pyridine rings is 1. The zero-order chi connectivity index (χ0) is 14.8. The van der Waals surface area contributed by atoms with Gasteiger partial charge >= 0.3 is 0 Å². The van der Waals surface area contributed by atoms with E-state index in [-0.39, 0.29) is 0 Å². The summed E-state index contributed by atoms with van der Waals surface area (Å²) in [5.74, 6) is 1.90. The molecule has 108 valence electrons. The van der Waals surface area contributed by atoms with Gasteiger partial charge in [-0.2, -0.15) is 0 Å². The second-order valence-corrected chi connectivity index (χ2v) is 5.40. The smallest absolute Gasteiger partial charge is 0.118 e. The van der Waals surface area contributed by atoms with E-state index in [1.807, 2.05) is 56.4 Å². The Morgan fingerprint density at radius 3 is 2.71 bits per heavy atom. The third kappa shape index (κ3) is 3.06. The van der Waals surface area contributed by atoms with Crippen LogP contribution in [0.3, 0.4) is 0 Å². The molecule has 21 heavy (non-hydrogen) atoms. The number of aryl methyl sites for hydroxylation is 1. The van der Waals surface area contributed by atoms with Gasteiger partial charge in [-0.15, -0.1) is 0 Å². The fourth-order valence-corrected chi connectivity index (χ4v) is 2.51. The average Bonchev–Trinajstić information content (AvgIpc) is 2.84. The number of nitrogen functional groups attached to an aromatic ring is 1. The fraction of sp³-hybridized carbons (Fsp3) is 0.235. The summed E-state index contributed by atoms with van der Waals surface area (Å²) in [6, 6.07) is 13.9. The Morgan fingerprint density at radius 2 is 1.95 bits per heavy atom. The van der Waals surface area contributed by atoms with Gasteiger partial charge in [-0.05, 0) is 38.2 Å². The molecule has 3 rings (SSSR count). The maximum atomic E-state index is 6.11. The van der Waals surface area contributed by atoms with Crippen molar-refractivity contribution in [3.05, 3.63) is 59.7 Å². The molecule has 2 heterocycles. The van der Waals surface area contributed by atoms with E-state index in [1.54, 1.807) is 0 Å². The fourth-order valence-electron chi connectivity index (χ4n) is 2.51. The van der Waals surface area contributed by atoms with Crippen LogP contribution >= 0.6 is 0 Å². The minimum atomic E-state index is 0.731. The largest absolute Gasteiger partial charge is 0.465 e. The first kappa shape index (κ1) is 13.6. The molecule has 2 N–H and O–H groups in total. The highest BCUT2D eigenvalue weighted by Gasteiger charge is 2.08. The van der Waals surface area contributed by atoms with E-state index >= 15 is 0 Å². The number of fused-ring (bicyclic) bond motifs is 1. The summed E-state index contributed by atoms with van der Waals surface area (Å²) in [6.45, 7) is 3.44. The van der Waals surface area contributed by atoms with Crippen LogP contribution in [0.15, 0.2) is 46.9 Å². The Bertz CT molecular complexity index is 764. The van der Waals surface area contributed by atoms with E-state index in [2.05, 4.69) is 9.88 Å². The summed E-state index contributed by atoms with van der Waals surface area (Å²) in [4.78, 5) is 6.83. The number of nitrogens with zero attached hydrogens (tertiary/aromatic N) is 2. The van der Waals surface area contributed by atoms with Gasteiger partial charge in [0.1, 0.15) is 11.5 Å². The van der Waals surface area contributed by atoms with E-state index < -0.39 is 0 Å². The molecular weight excluding hydrogens is 262 g/mol. The number of para-hydroxylation sites is 1. The zero-order valence-electron chi connectivity index (χ0n) is 12.3. The Kier molecular flexibility index (Phi) is 3.62. The predicted octanol–water partition coefficient (Wildman–Crippen LogP) is 3.35. The molecule has 0 radical (unpaired) electrons. The molecule has 2 aromatic heterocycles. The van der Waals surface area contributed by atoms with Crippen LogP contribution in [-0.4, -0.2) is 16.9 Å². The number of rotatable bonds is 4. The van der Waals surface area contributed by atoms with Gasteiger partial charge in [0.2, 0.25) is 0 Å². The van der Waals surface area contributed by atoms with Gasteiger partial charge in [0.25, 0.3) is 0 Å². The summed E-state index contributed by atoms with van der Waals surface area (Å²) in [5, 5.41) is 1.01. The van der Waals surface area contributed by atoms with Crippen molar-refractivity contribution < 1.29 is 4.42 Å². The Labute approximate surface area is 124 Å². The van der Waals surface area contributed by atoms with Gasteiger partial charge in [0, 0.05) is 17.6 Å². The number of hydrogen-bond donors (Lipinski definition) is 1. The molecule has 0 amide bonds. The quantitative estimate of drug-likeness (QED) is 0.796. The minimum absolute atomic E-state index is 0.731. The van der Waals surface area contributed by atoms with Crippen LogP contribution in [0.25, 0.3) is 10.9 Å². The van der Waals surface area contributed by atoms with Crippen LogP contribution in [0, 0.1) is 6.92 Å². The number of furan rings is 1. The predicted molar refractivity (Wildman–Crippen MR) is 84.8 cm³/mol. The standard InChI is InChI=1S/C17H19N3O/c1-12-7-8-14(21-12)11-20(2)10-13-9-16(18)15-5-3-4-6-17(15)19-13/h3-9H,10-11H2,1-2H3,(H2,18,19). The molecule has 4 nitrogen and oxygen atoms in total. The average molecular weight is 281 g/mol. The molecule has 0 aliphatic carbocycles. The summed E-state index contributed by atoms with van der Waals surface area (Å²) >= 11 is 0. The molecule has 0 saturated carbocycles. The molecule has 3 aromatic rings. The van der Waals surface area contributed by atoms with Gasteiger partial charge in [0.15, 0.2) is 0 Å². The molecule has 0 bridgehead atoms. The molecule has 0 atom stereocenters. The summed E-state index contributed by atoms with van der Waals surface area (Å²) in [6.07, 6.45) is 0. The highest BCUT2D eigenvalue weighted by molar-refractivity contribution is 5.90. The second-order valence-electron chi connectivity index (χ2n) is 5.40. The number of anilines is 1. The molecule has 4 heteroatoms. The van der Waals surface area contributed by atoms with Gasteiger partial charge in [-0.25, -0.2) is 0 Å². The normalized spacial score (nSPS) is 11.4. The van der Waals surface area contributed by atoms with Crippen LogP contribution in [0.1, 0.15) is 17.2 Å². The van der Waals surface area contributed by atoms with Crippen molar-refractivity contribution in [1.29, 1.82) is 0 Å². The SMILES string of the molecule is Cc1ccc(CN(C)Cc2cc(N)c3ccccc3n2)o1. The first-order valence-corrected chi connectivity index (χ1v) is 7.00. The summed E-state index contributed by atoms with van der Waals surface area (Å²) in [7, 11) is 2.05. The lowest BCUT2D eigenvalue weighted by Gasteiger charge is -2.15. The zero-order valence-corrected chi connectivity index (χ0v) is 12.3. The third-order valence-corrected chi connectivity index (χ3v) is 3.45. The lowest BCUT2D eigenvalue weighted by atomic mass is 10.1. The highest BCUT2D eigenvalue weighted by Crippen LogP contribution is 2.21. The maximum Gasteiger partial charge on any atom is 0.118 e. The van der Waals surface area contributed by atoms with Gasteiger partial charge in [-0.1, -0.05) is 18.2 Å². The monoisotopic (exact) mass is 281 g/mol. The minimum Gasteiger partial charge on any atom is -0.465 e. The van der Waals surface area contributed by atoms with Gasteiger partial charge in [-0.3, -0.25) is 9.88 Å². The number of aromatic nitrogens is 1. The van der Waals surface area contributed by atoms with Gasteiger partial charge < -0.3 is 10.2 Å².